The van der Waals surface area contributed by atoms with Gasteiger partial charge in [0.2, 0.25) is 0 Å². The van der Waals surface area contributed by atoms with Crippen molar-refractivity contribution in [3.63, 3.8) is 0 Å². The summed E-state index contributed by atoms with van der Waals surface area (Å²) in [6, 6.07) is 20.0. The van der Waals surface area contributed by atoms with E-state index in [1.165, 1.54) is 18.2 Å². The fraction of sp³-hybridized carbons (Fsp3) is 0. The van der Waals surface area contributed by atoms with Crippen LogP contribution in [-0.2, 0) is 0 Å². The lowest BCUT2D eigenvalue weighted by Gasteiger charge is -2.01. The third-order valence-corrected chi connectivity index (χ3v) is 5.89. The summed E-state index contributed by atoms with van der Waals surface area (Å²) >= 11 is 4.91. The van der Waals surface area contributed by atoms with Gasteiger partial charge in [0.15, 0.2) is 5.78 Å². The molecule has 4 aromatic rings. The molecule has 0 aliphatic rings. The number of thiazole rings is 1. The van der Waals surface area contributed by atoms with Crippen molar-refractivity contribution in [2.24, 2.45) is 0 Å². The van der Waals surface area contributed by atoms with Crippen LogP contribution in [0.5, 0.6) is 0 Å². The van der Waals surface area contributed by atoms with E-state index in [0.29, 0.717) is 15.6 Å². The normalized spacial score (nSPS) is 11.3. The maximum absolute atomic E-state index is 13.8. The number of ketones is 1. The summed E-state index contributed by atoms with van der Waals surface area (Å²) < 4.78 is 15.6. The Morgan fingerprint density at radius 2 is 1.78 bits per heavy atom. The molecule has 0 saturated carbocycles. The molecule has 0 unspecified atom stereocenters. The van der Waals surface area contributed by atoms with E-state index in [4.69, 9.17) is 0 Å². The summed E-state index contributed by atoms with van der Waals surface area (Å²) in [6.07, 6.45) is 2.87. The van der Waals surface area contributed by atoms with Gasteiger partial charge in [-0.1, -0.05) is 58.4 Å². The lowest BCUT2D eigenvalue weighted by Crippen LogP contribution is -1.94. The quantitative estimate of drug-likeness (QED) is 0.260. The SMILES string of the molecule is O=C(C=Cc1c(F)cccc1Br)c1ccc(-c2nc3ccccc3s2)cc1. The van der Waals surface area contributed by atoms with E-state index >= 15 is 0 Å². The number of carbonyl (C=O) groups is 1. The number of carbonyl (C=O) groups excluding carboxylic acids is 1. The number of allylic oxidation sites excluding steroid dienone is 1. The molecule has 2 nitrogen and oxygen atoms in total. The maximum atomic E-state index is 13.8. The zero-order chi connectivity index (χ0) is 18.8. The highest BCUT2D eigenvalue weighted by atomic mass is 79.9. The summed E-state index contributed by atoms with van der Waals surface area (Å²) in [5.74, 6) is -0.555. The number of para-hydroxylation sites is 1. The largest absolute Gasteiger partial charge is 0.289 e. The molecule has 0 spiro atoms. The Balaban J connectivity index is 1.56. The average molecular weight is 438 g/mol. The predicted molar refractivity (Wildman–Crippen MR) is 113 cm³/mol. The van der Waals surface area contributed by atoms with Gasteiger partial charge in [-0.2, -0.15) is 0 Å². The number of hydrogen-bond acceptors (Lipinski definition) is 3. The molecule has 3 aromatic carbocycles. The molecule has 1 heterocycles. The van der Waals surface area contributed by atoms with Gasteiger partial charge in [-0.25, -0.2) is 9.37 Å². The molecule has 132 valence electrons. The fourth-order valence-corrected chi connectivity index (χ4v) is 4.14. The standard InChI is InChI=1S/C22H13BrFNOS/c23-17-4-3-5-18(24)16(17)12-13-20(26)14-8-10-15(11-9-14)22-25-19-6-1-2-7-21(19)27-22/h1-13H. The summed E-state index contributed by atoms with van der Waals surface area (Å²) in [4.78, 5) is 17.0. The molecule has 0 atom stereocenters. The first kappa shape index (κ1) is 17.8. The zero-order valence-corrected chi connectivity index (χ0v) is 16.4. The van der Waals surface area contributed by atoms with Crippen LogP contribution in [0.2, 0.25) is 0 Å². The number of aromatic nitrogens is 1. The molecule has 4 rings (SSSR count). The van der Waals surface area contributed by atoms with Crippen LogP contribution < -0.4 is 0 Å². The lowest BCUT2D eigenvalue weighted by atomic mass is 10.1. The molecule has 0 fully saturated rings. The highest BCUT2D eigenvalue weighted by Gasteiger charge is 2.08. The van der Waals surface area contributed by atoms with Crippen LogP contribution in [0.15, 0.2) is 77.3 Å². The molecule has 0 N–H and O–H groups in total. The van der Waals surface area contributed by atoms with Gasteiger partial charge in [-0.05, 0) is 36.4 Å². The van der Waals surface area contributed by atoms with Gasteiger partial charge in [0, 0.05) is 21.2 Å². The molecule has 0 aliphatic carbocycles. The second kappa shape index (κ2) is 7.55. The number of hydrogen-bond donors (Lipinski definition) is 0. The fourth-order valence-electron chi connectivity index (χ4n) is 2.70. The molecule has 0 saturated heterocycles. The third kappa shape index (κ3) is 3.75. The minimum atomic E-state index is -0.375. The van der Waals surface area contributed by atoms with Crippen molar-refractivity contribution in [3.8, 4) is 10.6 Å². The molecular formula is C22H13BrFNOS. The summed E-state index contributed by atoms with van der Waals surface area (Å²) in [5, 5.41) is 0.918. The molecule has 0 radical (unpaired) electrons. The van der Waals surface area contributed by atoms with Gasteiger partial charge in [-0.15, -0.1) is 11.3 Å². The van der Waals surface area contributed by atoms with Crippen LogP contribution in [0.3, 0.4) is 0 Å². The Labute approximate surface area is 168 Å². The van der Waals surface area contributed by atoms with Crippen molar-refractivity contribution in [2.75, 3.05) is 0 Å². The molecule has 0 aliphatic heterocycles. The average Bonchev–Trinajstić information content (AvgIpc) is 3.12. The molecule has 1 aromatic heterocycles. The number of nitrogens with zero attached hydrogens (tertiary/aromatic N) is 1. The Bertz CT molecular complexity index is 1110. The van der Waals surface area contributed by atoms with E-state index in [9.17, 15) is 9.18 Å². The maximum Gasteiger partial charge on any atom is 0.185 e. The minimum Gasteiger partial charge on any atom is -0.289 e. The number of halogens is 2. The summed E-state index contributed by atoms with van der Waals surface area (Å²) in [7, 11) is 0. The Hall–Kier alpha value is -2.63. The van der Waals surface area contributed by atoms with E-state index in [1.54, 1.807) is 35.6 Å². The first-order valence-electron chi connectivity index (χ1n) is 8.24. The highest BCUT2D eigenvalue weighted by molar-refractivity contribution is 9.10. The number of benzene rings is 3. The Kier molecular flexibility index (Phi) is 4.97. The summed E-state index contributed by atoms with van der Waals surface area (Å²) in [5.41, 5.74) is 2.84. The summed E-state index contributed by atoms with van der Waals surface area (Å²) in [6.45, 7) is 0. The van der Waals surface area contributed by atoms with Crippen molar-refractivity contribution >= 4 is 49.3 Å². The number of fused-ring (bicyclic) bond motifs is 1. The first-order chi connectivity index (χ1) is 13.1. The van der Waals surface area contributed by atoms with Gasteiger partial charge in [-0.3, -0.25) is 4.79 Å². The molecular weight excluding hydrogens is 425 g/mol. The smallest absolute Gasteiger partial charge is 0.185 e. The monoisotopic (exact) mass is 437 g/mol. The van der Waals surface area contributed by atoms with Gasteiger partial charge in [0.1, 0.15) is 10.8 Å². The molecule has 5 heteroatoms. The molecule has 0 amide bonds. The van der Waals surface area contributed by atoms with Crippen LogP contribution in [0, 0.1) is 5.82 Å². The van der Waals surface area contributed by atoms with Crippen LogP contribution in [0.25, 0.3) is 26.9 Å². The minimum absolute atomic E-state index is 0.180. The van der Waals surface area contributed by atoms with Crippen LogP contribution in [0.1, 0.15) is 15.9 Å². The van der Waals surface area contributed by atoms with Crippen LogP contribution in [0.4, 0.5) is 4.39 Å². The van der Waals surface area contributed by atoms with E-state index in [2.05, 4.69) is 20.9 Å². The topological polar surface area (TPSA) is 30.0 Å². The van der Waals surface area contributed by atoms with Gasteiger partial charge < -0.3 is 0 Å². The Morgan fingerprint density at radius 3 is 2.52 bits per heavy atom. The molecule has 27 heavy (non-hydrogen) atoms. The highest BCUT2D eigenvalue weighted by Crippen LogP contribution is 2.30. The van der Waals surface area contributed by atoms with Gasteiger partial charge >= 0.3 is 0 Å². The van der Waals surface area contributed by atoms with Crippen LogP contribution in [-0.4, -0.2) is 10.8 Å². The van der Waals surface area contributed by atoms with Gasteiger partial charge in [0.25, 0.3) is 0 Å². The second-order valence-corrected chi connectivity index (χ2v) is 7.78. The second-order valence-electron chi connectivity index (χ2n) is 5.90. The first-order valence-corrected chi connectivity index (χ1v) is 9.85. The Morgan fingerprint density at radius 1 is 1.00 bits per heavy atom. The van der Waals surface area contributed by atoms with E-state index in [0.717, 1.165) is 20.8 Å². The van der Waals surface area contributed by atoms with Crippen molar-refractivity contribution in [3.05, 3.63) is 94.2 Å². The predicted octanol–water partition coefficient (Wildman–Crippen LogP) is 6.76. The van der Waals surface area contributed by atoms with Crippen molar-refractivity contribution < 1.29 is 9.18 Å². The van der Waals surface area contributed by atoms with E-state index in [-0.39, 0.29) is 11.6 Å². The van der Waals surface area contributed by atoms with Crippen molar-refractivity contribution in [1.82, 2.24) is 4.98 Å². The van der Waals surface area contributed by atoms with Crippen molar-refractivity contribution in [2.45, 2.75) is 0 Å². The van der Waals surface area contributed by atoms with Crippen LogP contribution >= 0.6 is 27.3 Å². The van der Waals surface area contributed by atoms with E-state index < -0.39 is 0 Å². The lowest BCUT2D eigenvalue weighted by molar-refractivity contribution is 0.104. The van der Waals surface area contributed by atoms with Crippen molar-refractivity contribution in [1.29, 1.82) is 0 Å². The number of rotatable bonds is 4. The third-order valence-electron chi connectivity index (χ3n) is 4.11. The van der Waals surface area contributed by atoms with E-state index in [1.807, 2.05) is 36.4 Å². The van der Waals surface area contributed by atoms with Gasteiger partial charge in [0.05, 0.1) is 10.2 Å². The zero-order valence-electron chi connectivity index (χ0n) is 14.0. The molecule has 0 bridgehead atoms.